The molecule has 0 aliphatic carbocycles. The molecule has 0 radical (unpaired) electrons. The molecule has 2 aromatic heterocycles. The third-order valence-electron chi connectivity index (χ3n) is 2.76. The van der Waals surface area contributed by atoms with E-state index in [4.69, 9.17) is 5.11 Å². The van der Waals surface area contributed by atoms with E-state index in [1.807, 2.05) is 19.1 Å². The second kappa shape index (κ2) is 4.16. The molecule has 0 saturated carbocycles. The van der Waals surface area contributed by atoms with Crippen LogP contribution >= 0.6 is 0 Å². The van der Waals surface area contributed by atoms with Crippen LogP contribution in [0.2, 0.25) is 0 Å². The molecule has 2 heterocycles. The van der Waals surface area contributed by atoms with Gasteiger partial charge in [0.05, 0.1) is 11.3 Å². The Morgan fingerprint density at radius 1 is 1.21 bits per heavy atom. The Hall–Kier alpha value is -2.76. The van der Waals surface area contributed by atoms with E-state index in [-0.39, 0.29) is 5.56 Å². The number of aryl methyl sites for hydroxylation is 1. The number of aromatic nitrogens is 4. The van der Waals surface area contributed by atoms with E-state index >= 15 is 0 Å². The van der Waals surface area contributed by atoms with Gasteiger partial charge in [0.1, 0.15) is 0 Å². The summed E-state index contributed by atoms with van der Waals surface area (Å²) >= 11 is 0. The van der Waals surface area contributed by atoms with Crippen molar-refractivity contribution in [1.29, 1.82) is 0 Å². The van der Waals surface area contributed by atoms with Crippen LogP contribution in [0.5, 0.6) is 0 Å². The molecule has 19 heavy (non-hydrogen) atoms. The minimum atomic E-state index is -0.972. The van der Waals surface area contributed by atoms with Gasteiger partial charge in [-0.1, -0.05) is 12.1 Å². The number of aromatic carboxylic acids is 1. The van der Waals surface area contributed by atoms with Crippen molar-refractivity contribution in [3.63, 3.8) is 0 Å². The van der Waals surface area contributed by atoms with Crippen LogP contribution in [-0.4, -0.2) is 30.9 Å². The van der Waals surface area contributed by atoms with Gasteiger partial charge in [-0.3, -0.25) is 0 Å². The fourth-order valence-electron chi connectivity index (χ4n) is 1.85. The summed E-state index contributed by atoms with van der Waals surface area (Å²) in [4.78, 5) is 11.0. The molecule has 3 aromatic rings. The lowest BCUT2D eigenvalue weighted by Gasteiger charge is -2.01. The van der Waals surface area contributed by atoms with Crippen LogP contribution < -0.4 is 0 Å². The summed E-state index contributed by atoms with van der Waals surface area (Å²) in [5.74, 6) is -0.443. The smallest absolute Gasteiger partial charge is 0.335 e. The highest BCUT2D eigenvalue weighted by Gasteiger charge is 2.11. The van der Waals surface area contributed by atoms with Crippen LogP contribution in [0.4, 0.5) is 0 Å². The molecule has 6 heteroatoms. The zero-order valence-corrected chi connectivity index (χ0v) is 10.1. The van der Waals surface area contributed by atoms with E-state index in [1.54, 1.807) is 22.7 Å². The van der Waals surface area contributed by atoms with Crippen LogP contribution in [0.15, 0.2) is 36.4 Å². The highest BCUT2D eigenvalue weighted by Crippen LogP contribution is 2.19. The number of carboxylic acid groups (broad SMARTS) is 1. The van der Waals surface area contributed by atoms with Gasteiger partial charge in [0, 0.05) is 5.56 Å². The van der Waals surface area contributed by atoms with Crippen molar-refractivity contribution in [2.75, 3.05) is 0 Å². The van der Waals surface area contributed by atoms with E-state index in [0.29, 0.717) is 17.0 Å². The zero-order valence-electron chi connectivity index (χ0n) is 10.1. The van der Waals surface area contributed by atoms with Gasteiger partial charge in [-0.15, -0.1) is 10.2 Å². The number of fused-ring (bicyclic) bond motifs is 1. The van der Waals surface area contributed by atoms with Crippen LogP contribution in [-0.2, 0) is 0 Å². The van der Waals surface area contributed by atoms with Gasteiger partial charge in [-0.05, 0) is 31.2 Å². The fourth-order valence-corrected chi connectivity index (χ4v) is 1.85. The summed E-state index contributed by atoms with van der Waals surface area (Å²) < 4.78 is 1.61. The first-order valence-electron chi connectivity index (χ1n) is 5.68. The average Bonchev–Trinajstić information content (AvgIpc) is 2.81. The van der Waals surface area contributed by atoms with Gasteiger partial charge in [-0.2, -0.15) is 9.61 Å². The molecule has 0 aliphatic rings. The Morgan fingerprint density at radius 2 is 2.05 bits per heavy atom. The Balaban J connectivity index is 2.21. The summed E-state index contributed by atoms with van der Waals surface area (Å²) in [5.41, 5.74) is 2.34. The molecule has 0 atom stereocenters. The molecular formula is C13H10N4O2. The van der Waals surface area contributed by atoms with Crippen molar-refractivity contribution >= 4 is 11.6 Å². The van der Waals surface area contributed by atoms with Crippen molar-refractivity contribution in [2.45, 2.75) is 6.92 Å². The average molecular weight is 254 g/mol. The van der Waals surface area contributed by atoms with Crippen molar-refractivity contribution in [3.05, 3.63) is 47.7 Å². The summed E-state index contributed by atoms with van der Waals surface area (Å²) in [7, 11) is 0. The maximum absolute atomic E-state index is 11.0. The lowest BCUT2D eigenvalue weighted by molar-refractivity contribution is 0.0697. The quantitative estimate of drug-likeness (QED) is 0.754. The van der Waals surface area contributed by atoms with Crippen molar-refractivity contribution < 1.29 is 9.90 Å². The van der Waals surface area contributed by atoms with Crippen LogP contribution in [0, 0.1) is 6.92 Å². The molecule has 3 rings (SSSR count). The SMILES string of the molecule is Cc1ccc2nnc(-c3cccc(C(=O)O)c3)n2n1. The summed E-state index contributed by atoms with van der Waals surface area (Å²) in [5, 5.41) is 21.4. The standard InChI is InChI=1S/C13H10N4O2/c1-8-5-6-11-14-15-12(17(11)16-8)9-3-2-4-10(7-9)13(18)19/h2-7H,1H3,(H,18,19). The molecule has 0 saturated heterocycles. The van der Waals surface area contributed by atoms with Crippen molar-refractivity contribution in [1.82, 2.24) is 19.8 Å². The minimum absolute atomic E-state index is 0.210. The largest absolute Gasteiger partial charge is 0.478 e. The third-order valence-corrected chi connectivity index (χ3v) is 2.76. The first-order valence-corrected chi connectivity index (χ1v) is 5.68. The first kappa shape index (κ1) is 11.3. The van der Waals surface area contributed by atoms with Crippen LogP contribution in [0.3, 0.4) is 0 Å². The molecular weight excluding hydrogens is 244 g/mol. The molecule has 0 amide bonds. The summed E-state index contributed by atoms with van der Waals surface area (Å²) in [6.45, 7) is 1.87. The highest BCUT2D eigenvalue weighted by molar-refractivity contribution is 5.89. The van der Waals surface area contributed by atoms with Gasteiger partial charge in [0.15, 0.2) is 11.5 Å². The van der Waals surface area contributed by atoms with Crippen LogP contribution in [0.25, 0.3) is 17.0 Å². The van der Waals surface area contributed by atoms with E-state index in [9.17, 15) is 4.79 Å². The lowest BCUT2D eigenvalue weighted by Crippen LogP contribution is -1.99. The Bertz CT molecular complexity index is 779. The molecule has 6 nitrogen and oxygen atoms in total. The molecule has 0 unspecified atom stereocenters. The molecule has 94 valence electrons. The number of hydrogen-bond acceptors (Lipinski definition) is 4. The molecule has 0 fully saturated rings. The van der Waals surface area contributed by atoms with Gasteiger partial charge in [0.25, 0.3) is 0 Å². The highest BCUT2D eigenvalue weighted by atomic mass is 16.4. The number of benzene rings is 1. The fraction of sp³-hybridized carbons (Fsp3) is 0.0769. The van der Waals surface area contributed by atoms with Gasteiger partial charge in [-0.25, -0.2) is 4.79 Å². The van der Waals surface area contributed by atoms with E-state index in [2.05, 4.69) is 15.3 Å². The second-order valence-corrected chi connectivity index (χ2v) is 4.15. The number of carbonyl (C=O) groups is 1. The Labute approximate surface area is 108 Å². The molecule has 0 bridgehead atoms. The third kappa shape index (κ3) is 1.93. The Morgan fingerprint density at radius 3 is 2.84 bits per heavy atom. The molecule has 0 spiro atoms. The molecule has 0 aliphatic heterocycles. The van der Waals surface area contributed by atoms with Crippen LogP contribution in [0.1, 0.15) is 16.1 Å². The minimum Gasteiger partial charge on any atom is -0.478 e. The molecule has 1 N–H and O–H groups in total. The normalized spacial score (nSPS) is 10.8. The Kier molecular flexibility index (Phi) is 2.49. The number of rotatable bonds is 2. The van der Waals surface area contributed by atoms with Crippen molar-refractivity contribution in [3.8, 4) is 11.4 Å². The van der Waals surface area contributed by atoms with E-state index in [1.165, 1.54) is 6.07 Å². The van der Waals surface area contributed by atoms with Gasteiger partial charge < -0.3 is 5.11 Å². The van der Waals surface area contributed by atoms with E-state index in [0.717, 1.165) is 5.69 Å². The van der Waals surface area contributed by atoms with Crippen molar-refractivity contribution in [2.24, 2.45) is 0 Å². The maximum Gasteiger partial charge on any atom is 0.335 e. The first-order chi connectivity index (χ1) is 9.15. The number of nitrogens with zero attached hydrogens (tertiary/aromatic N) is 4. The lowest BCUT2D eigenvalue weighted by atomic mass is 10.1. The molecule has 1 aromatic carbocycles. The summed E-state index contributed by atoms with van der Waals surface area (Å²) in [6, 6.07) is 10.2. The van der Waals surface area contributed by atoms with E-state index < -0.39 is 5.97 Å². The number of hydrogen-bond donors (Lipinski definition) is 1. The zero-order chi connectivity index (χ0) is 13.4. The monoisotopic (exact) mass is 254 g/mol. The summed E-state index contributed by atoms with van der Waals surface area (Å²) in [6.07, 6.45) is 0. The van der Waals surface area contributed by atoms with Gasteiger partial charge >= 0.3 is 5.97 Å². The predicted octanol–water partition coefficient (Wildman–Crippen LogP) is 1.80. The topological polar surface area (TPSA) is 80.4 Å². The maximum atomic E-state index is 11.0. The number of carboxylic acids is 1. The predicted molar refractivity (Wildman–Crippen MR) is 67.9 cm³/mol. The van der Waals surface area contributed by atoms with Gasteiger partial charge in [0.2, 0.25) is 0 Å². The second-order valence-electron chi connectivity index (χ2n) is 4.15.